The molecular weight excluding hydrogens is 364 g/mol. The zero-order valence-corrected chi connectivity index (χ0v) is 18.2. The number of hydrogen-bond acceptors (Lipinski definition) is 3. The number of carbonyl (C=O) groups excluding carboxylic acids is 1. The maximum absolute atomic E-state index is 12.6. The lowest BCUT2D eigenvalue weighted by molar-refractivity contribution is -0.136. The van der Waals surface area contributed by atoms with Crippen molar-refractivity contribution >= 4 is 11.9 Å². The average Bonchev–Trinajstić information content (AvgIpc) is 3.43. The van der Waals surface area contributed by atoms with Gasteiger partial charge in [-0.3, -0.25) is 9.79 Å². The molecule has 0 atom stereocenters. The standard InChI is InChI=1S/C23H38N4O2/c1-3-18(4-2)22(28)27-15-12-20(13-16-27)26-23(25-19-8-5-6-9-19)24-14-11-21-10-7-17-29-21/h7,10,17-20H,3-6,8-9,11-16H2,1-2H3,(H2,24,25,26). The second-order valence-electron chi connectivity index (χ2n) is 8.44. The van der Waals surface area contributed by atoms with Gasteiger partial charge < -0.3 is 20.0 Å². The van der Waals surface area contributed by atoms with Crippen LogP contribution in [0.3, 0.4) is 0 Å². The molecule has 0 unspecified atom stereocenters. The van der Waals surface area contributed by atoms with Gasteiger partial charge in [0.1, 0.15) is 5.76 Å². The molecule has 1 saturated heterocycles. The summed E-state index contributed by atoms with van der Waals surface area (Å²) in [5.74, 6) is 2.42. The smallest absolute Gasteiger partial charge is 0.225 e. The van der Waals surface area contributed by atoms with Gasteiger partial charge in [-0.2, -0.15) is 0 Å². The lowest BCUT2D eigenvalue weighted by Gasteiger charge is -2.35. The molecule has 29 heavy (non-hydrogen) atoms. The first-order valence-electron chi connectivity index (χ1n) is 11.6. The average molecular weight is 403 g/mol. The fourth-order valence-electron chi connectivity index (χ4n) is 4.46. The van der Waals surface area contributed by atoms with Crippen LogP contribution >= 0.6 is 0 Å². The highest BCUT2D eigenvalue weighted by molar-refractivity contribution is 5.81. The molecule has 0 radical (unpaired) electrons. The van der Waals surface area contributed by atoms with E-state index >= 15 is 0 Å². The van der Waals surface area contributed by atoms with E-state index in [-0.39, 0.29) is 5.92 Å². The Morgan fingerprint density at radius 3 is 2.38 bits per heavy atom. The summed E-state index contributed by atoms with van der Waals surface area (Å²) in [6.07, 6.45) is 11.4. The first-order valence-corrected chi connectivity index (χ1v) is 11.6. The third-order valence-corrected chi connectivity index (χ3v) is 6.39. The van der Waals surface area contributed by atoms with Gasteiger partial charge in [0.05, 0.1) is 6.26 Å². The SMILES string of the molecule is CCC(CC)C(=O)N1CCC(NC(=NCCc2ccco2)NC2CCCC2)CC1. The van der Waals surface area contributed by atoms with E-state index < -0.39 is 0 Å². The molecule has 0 bridgehead atoms. The second-order valence-corrected chi connectivity index (χ2v) is 8.44. The van der Waals surface area contributed by atoms with Gasteiger partial charge in [-0.25, -0.2) is 0 Å². The Morgan fingerprint density at radius 1 is 1.14 bits per heavy atom. The Bertz CT molecular complexity index is 625. The van der Waals surface area contributed by atoms with Gasteiger partial charge in [-0.05, 0) is 50.7 Å². The number of hydrogen-bond donors (Lipinski definition) is 2. The number of piperidine rings is 1. The van der Waals surface area contributed by atoms with E-state index in [4.69, 9.17) is 9.41 Å². The first kappa shape index (κ1) is 21.7. The van der Waals surface area contributed by atoms with Crippen molar-refractivity contribution in [2.75, 3.05) is 19.6 Å². The van der Waals surface area contributed by atoms with E-state index in [2.05, 4.69) is 29.4 Å². The minimum Gasteiger partial charge on any atom is -0.469 e. The molecule has 2 N–H and O–H groups in total. The van der Waals surface area contributed by atoms with E-state index in [0.717, 1.165) is 56.9 Å². The quantitative estimate of drug-likeness (QED) is 0.513. The molecule has 1 aromatic rings. The Kier molecular flexibility index (Phi) is 8.44. The first-order chi connectivity index (χ1) is 14.2. The molecule has 162 valence electrons. The van der Waals surface area contributed by atoms with Crippen LogP contribution in [0.5, 0.6) is 0 Å². The third kappa shape index (κ3) is 6.51. The second kappa shape index (κ2) is 11.3. The molecular formula is C23H38N4O2. The number of aliphatic imine (C=N–C) groups is 1. The number of carbonyl (C=O) groups is 1. The van der Waals surface area contributed by atoms with Gasteiger partial charge in [0.2, 0.25) is 5.91 Å². The number of rotatable bonds is 8. The highest BCUT2D eigenvalue weighted by atomic mass is 16.3. The van der Waals surface area contributed by atoms with Crippen molar-refractivity contribution in [3.63, 3.8) is 0 Å². The molecule has 1 aliphatic heterocycles. The maximum Gasteiger partial charge on any atom is 0.225 e. The van der Waals surface area contributed by atoms with Crippen molar-refractivity contribution in [3.8, 4) is 0 Å². The monoisotopic (exact) mass is 402 g/mol. The normalized spacial score (nSPS) is 19.1. The minimum atomic E-state index is 0.183. The lowest BCUT2D eigenvalue weighted by atomic mass is 9.98. The third-order valence-electron chi connectivity index (χ3n) is 6.39. The summed E-state index contributed by atoms with van der Waals surface area (Å²) in [6, 6.07) is 4.82. The summed E-state index contributed by atoms with van der Waals surface area (Å²) in [4.78, 5) is 19.5. The van der Waals surface area contributed by atoms with Crippen LogP contribution in [0.15, 0.2) is 27.8 Å². The largest absolute Gasteiger partial charge is 0.469 e. The molecule has 2 aliphatic rings. The molecule has 6 nitrogen and oxygen atoms in total. The molecule has 1 aliphatic carbocycles. The number of guanidine groups is 1. The van der Waals surface area contributed by atoms with Crippen LogP contribution < -0.4 is 10.6 Å². The number of amides is 1. The van der Waals surface area contributed by atoms with E-state index in [1.54, 1.807) is 6.26 Å². The summed E-state index contributed by atoms with van der Waals surface area (Å²) >= 11 is 0. The van der Waals surface area contributed by atoms with Crippen LogP contribution in [-0.2, 0) is 11.2 Å². The summed E-state index contributed by atoms with van der Waals surface area (Å²) in [6.45, 7) is 6.62. The predicted octanol–water partition coefficient (Wildman–Crippen LogP) is 3.73. The minimum absolute atomic E-state index is 0.183. The zero-order valence-electron chi connectivity index (χ0n) is 18.2. The van der Waals surface area contributed by atoms with Gasteiger partial charge in [-0.1, -0.05) is 26.7 Å². The Hall–Kier alpha value is -1.98. The molecule has 2 fully saturated rings. The Balaban J connectivity index is 1.51. The van der Waals surface area contributed by atoms with E-state index in [0.29, 0.717) is 24.5 Å². The number of nitrogens with one attached hydrogen (secondary N) is 2. The van der Waals surface area contributed by atoms with Crippen molar-refractivity contribution in [3.05, 3.63) is 24.2 Å². The molecule has 0 spiro atoms. The van der Waals surface area contributed by atoms with Gasteiger partial charge >= 0.3 is 0 Å². The molecule has 1 amide bonds. The van der Waals surface area contributed by atoms with Gasteiger partial charge in [0, 0.05) is 44.1 Å². The van der Waals surface area contributed by atoms with Crippen molar-refractivity contribution in [2.24, 2.45) is 10.9 Å². The Labute approximate surface area is 175 Å². The van der Waals surface area contributed by atoms with Crippen LogP contribution in [0.1, 0.15) is 71.0 Å². The highest BCUT2D eigenvalue weighted by Crippen LogP contribution is 2.19. The van der Waals surface area contributed by atoms with Gasteiger partial charge in [-0.15, -0.1) is 0 Å². The van der Waals surface area contributed by atoms with Crippen molar-refractivity contribution in [1.29, 1.82) is 0 Å². The number of likely N-dealkylation sites (tertiary alicyclic amines) is 1. The predicted molar refractivity (Wildman–Crippen MR) is 117 cm³/mol. The Morgan fingerprint density at radius 2 is 1.79 bits per heavy atom. The summed E-state index contributed by atoms with van der Waals surface area (Å²) in [5.41, 5.74) is 0. The highest BCUT2D eigenvalue weighted by Gasteiger charge is 2.27. The van der Waals surface area contributed by atoms with E-state index in [1.165, 1.54) is 25.7 Å². The van der Waals surface area contributed by atoms with Crippen molar-refractivity contribution in [1.82, 2.24) is 15.5 Å². The molecule has 6 heteroatoms. The van der Waals surface area contributed by atoms with Gasteiger partial charge in [0.25, 0.3) is 0 Å². The molecule has 1 saturated carbocycles. The molecule has 2 heterocycles. The summed E-state index contributed by atoms with van der Waals surface area (Å²) < 4.78 is 5.42. The number of furan rings is 1. The van der Waals surface area contributed by atoms with Crippen molar-refractivity contribution in [2.45, 2.75) is 83.7 Å². The molecule has 1 aromatic heterocycles. The van der Waals surface area contributed by atoms with Crippen LogP contribution in [0, 0.1) is 5.92 Å². The summed E-state index contributed by atoms with van der Waals surface area (Å²) in [5, 5.41) is 7.29. The fourth-order valence-corrected chi connectivity index (χ4v) is 4.46. The number of nitrogens with zero attached hydrogens (tertiary/aromatic N) is 2. The summed E-state index contributed by atoms with van der Waals surface area (Å²) in [7, 11) is 0. The topological polar surface area (TPSA) is 69.9 Å². The molecule has 0 aromatic carbocycles. The fraction of sp³-hybridized carbons (Fsp3) is 0.739. The van der Waals surface area contributed by atoms with Crippen LogP contribution in [0.2, 0.25) is 0 Å². The maximum atomic E-state index is 12.6. The van der Waals surface area contributed by atoms with E-state index in [9.17, 15) is 4.79 Å². The van der Waals surface area contributed by atoms with Crippen LogP contribution in [0.4, 0.5) is 0 Å². The lowest BCUT2D eigenvalue weighted by Crippen LogP contribution is -2.52. The van der Waals surface area contributed by atoms with Gasteiger partial charge in [0.15, 0.2) is 5.96 Å². The van der Waals surface area contributed by atoms with E-state index in [1.807, 2.05) is 12.1 Å². The molecule has 3 rings (SSSR count). The van der Waals surface area contributed by atoms with Crippen LogP contribution in [0.25, 0.3) is 0 Å². The van der Waals surface area contributed by atoms with Crippen LogP contribution in [-0.4, -0.2) is 48.5 Å². The van der Waals surface area contributed by atoms with Crippen molar-refractivity contribution < 1.29 is 9.21 Å². The zero-order chi connectivity index (χ0) is 20.5.